The van der Waals surface area contributed by atoms with Crippen LogP contribution in [0.2, 0.25) is 0 Å². The van der Waals surface area contributed by atoms with Crippen molar-refractivity contribution in [3.8, 4) is 0 Å². The average molecular weight is 318 g/mol. The van der Waals surface area contributed by atoms with Gasteiger partial charge in [-0.2, -0.15) is 0 Å². The van der Waals surface area contributed by atoms with Gasteiger partial charge in [0.2, 0.25) is 5.91 Å². The van der Waals surface area contributed by atoms with Gasteiger partial charge in [0, 0.05) is 32.1 Å². The summed E-state index contributed by atoms with van der Waals surface area (Å²) >= 11 is 0. The molecule has 0 unspecified atom stereocenters. The number of rotatable bonds is 3. The van der Waals surface area contributed by atoms with E-state index in [1.54, 1.807) is 13.0 Å². The Bertz CT molecular complexity index is 577. The molecule has 2 aliphatic rings. The van der Waals surface area contributed by atoms with Gasteiger partial charge in [0.1, 0.15) is 5.76 Å². The Balaban J connectivity index is 1.64. The van der Waals surface area contributed by atoms with Gasteiger partial charge in [0.25, 0.3) is 5.91 Å². The quantitative estimate of drug-likeness (QED) is 0.861. The minimum Gasteiger partial charge on any atom is -0.456 e. The van der Waals surface area contributed by atoms with Crippen LogP contribution in [0, 0.1) is 6.92 Å². The third-order valence-electron chi connectivity index (χ3n) is 5.16. The standard InChI is InChI=1S/C18H26N2O3/c1-13-8-9-17(23-13)18(22)19-11-4-7-16(10-12-19)20(14(2)21)15-5-3-6-15/h8-9,15-16H,3-7,10-12H2,1-2H3/t16-/m0/s1. The fourth-order valence-corrected chi connectivity index (χ4v) is 3.74. The lowest BCUT2D eigenvalue weighted by atomic mass is 9.89. The van der Waals surface area contributed by atoms with Crippen LogP contribution >= 0.6 is 0 Å². The number of nitrogens with zero attached hydrogens (tertiary/aromatic N) is 2. The molecule has 1 aromatic rings. The van der Waals surface area contributed by atoms with E-state index in [0.29, 0.717) is 18.3 Å². The van der Waals surface area contributed by atoms with E-state index in [1.165, 1.54) is 6.42 Å². The summed E-state index contributed by atoms with van der Waals surface area (Å²) < 4.78 is 5.46. The SMILES string of the molecule is CC(=O)N(C1CCC1)[C@H]1CCCN(C(=O)c2ccc(C)o2)CC1. The highest BCUT2D eigenvalue weighted by atomic mass is 16.3. The molecule has 23 heavy (non-hydrogen) atoms. The van der Waals surface area contributed by atoms with Crippen molar-refractivity contribution in [2.24, 2.45) is 0 Å². The maximum atomic E-state index is 12.5. The van der Waals surface area contributed by atoms with Crippen molar-refractivity contribution in [3.63, 3.8) is 0 Å². The normalized spacial score (nSPS) is 22.3. The topological polar surface area (TPSA) is 53.8 Å². The second-order valence-electron chi connectivity index (χ2n) is 6.80. The summed E-state index contributed by atoms with van der Waals surface area (Å²) in [4.78, 5) is 28.6. The van der Waals surface area contributed by atoms with E-state index in [1.807, 2.05) is 17.9 Å². The Morgan fingerprint density at radius 3 is 2.35 bits per heavy atom. The van der Waals surface area contributed by atoms with Crippen LogP contribution in [0.15, 0.2) is 16.5 Å². The number of carbonyl (C=O) groups is 2. The van der Waals surface area contributed by atoms with Crippen LogP contribution in [0.3, 0.4) is 0 Å². The molecule has 1 saturated carbocycles. The molecule has 5 heteroatoms. The lowest BCUT2D eigenvalue weighted by Crippen LogP contribution is -2.49. The molecule has 2 fully saturated rings. The average Bonchev–Trinajstić information content (AvgIpc) is 2.76. The Hall–Kier alpha value is -1.78. The van der Waals surface area contributed by atoms with Gasteiger partial charge in [-0.25, -0.2) is 0 Å². The summed E-state index contributed by atoms with van der Waals surface area (Å²) in [6, 6.07) is 4.26. The van der Waals surface area contributed by atoms with Gasteiger partial charge in [0.05, 0.1) is 0 Å². The first kappa shape index (κ1) is 16.1. The zero-order valence-corrected chi connectivity index (χ0v) is 14.1. The van der Waals surface area contributed by atoms with Gasteiger partial charge < -0.3 is 14.2 Å². The first-order valence-corrected chi connectivity index (χ1v) is 8.71. The highest BCUT2D eigenvalue weighted by Gasteiger charge is 2.34. The minimum absolute atomic E-state index is 0.0308. The van der Waals surface area contributed by atoms with Crippen molar-refractivity contribution in [2.75, 3.05) is 13.1 Å². The molecule has 2 heterocycles. The molecule has 0 aromatic carbocycles. The van der Waals surface area contributed by atoms with Crippen molar-refractivity contribution < 1.29 is 14.0 Å². The zero-order chi connectivity index (χ0) is 16.4. The van der Waals surface area contributed by atoms with Gasteiger partial charge in [-0.3, -0.25) is 9.59 Å². The number of hydrogen-bond donors (Lipinski definition) is 0. The molecule has 1 aromatic heterocycles. The van der Waals surface area contributed by atoms with Crippen molar-refractivity contribution in [3.05, 3.63) is 23.7 Å². The molecular weight excluding hydrogens is 292 g/mol. The number of hydrogen-bond acceptors (Lipinski definition) is 3. The summed E-state index contributed by atoms with van der Waals surface area (Å²) in [5, 5.41) is 0. The van der Waals surface area contributed by atoms with E-state index in [-0.39, 0.29) is 17.9 Å². The molecule has 3 rings (SSSR count). The number of likely N-dealkylation sites (tertiary alicyclic amines) is 1. The van der Waals surface area contributed by atoms with Crippen molar-refractivity contribution >= 4 is 11.8 Å². The number of carbonyl (C=O) groups excluding carboxylic acids is 2. The third kappa shape index (κ3) is 3.43. The van der Waals surface area contributed by atoms with E-state index in [4.69, 9.17) is 4.42 Å². The van der Waals surface area contributed by atoms with E-state index in [0.717, 1.165) is 44.4 Å². The maximum Gasteiger partial charge on any atom is 0.289 e. The number of furan rings is 1. The molecule has 1 saturated heterocycles. The number of aryl methyl sites for hydroxylation is 1. The van der Waals surface area contributed by atoms with Crippen LogP contribution < -0.4 is 0 Å². The van der Waals surface area contributed by atoms with Gasteiger partial charge in [-0.1, -0.05) is 0 Å². The first-order chi connectivity index (χ1) is 11.1. The monoisotopic (exact) mass is 318 g/mol. The zero-order valence-electron chi connectivity index (χ0n) is 14.1. The van der Waals surface area contributed by atoms with Crippen LogP contribution in [0.25, 0.3) is 0 Å². The van der Waals surface area contributed by atoms with Gasteiger partial charge in [-0.15, -0.1) is 0 Å². The molecule has 5 nitrogen and oxygen atoms in total. The lowest BCUT2D eigenvalue weighted by molar-refractivity contribution is -0.136. The first-order valence-electron chi connectivity index (χ1n) is 8.71. The second kappa shape index (κ2) is 6.77. The van der Waals surface area contributed by atoms with Crippen LogP contribution in [0.5, 0.6) is 0 Å². The lowest BCUT2D eigenvalue weighted by Gasteiger charge is -2.42. The van der Waals surface area contributed by atoms with E-state index in [2.05, 4.69) is 4.90 Å². The molecule has 1 atom stereocenters. The maximum absolute atomic E-state index is 12.5. The minimum atomic E-state index is -0.0308. The third-order valence-corrected chi connectivity index (χ3v) is 5.16. The summed E-state index contributed by atoms with van der Waals surface area (Å²) in [6.45, 7) is 4.96. The molecule has 0 radical (unpaired) electrons. The van der Waals surface area contributed by atoms with Crippen LogP contribution in [0.4, 0.5) is 0 Å². The van der Waals surface area contributed by atoms with Crippen LogP contribution in [0.1, 0.15) is 61.8 Å². The Kier molecular flexibility index (Phi) is 4.74. The molecule has 1 aliphatic carbocycles. The van der Waals surface area contributed by atoms with Crippen LogP contribution in [-0.4, -0.2) is 46.8 Å². The predicted molar refractivity (Wildman–Crippen MR) is 87.1 cm³/mol. The molecular formula is C18H26N2O3. The summed E-state index contributed by atoms with van der Waals surface area (Å²) in [6.07, 6.45) is 6.27. The van der Waals surface area contributed by atoms with E-state index < -0.39 is 0 Å². The summed E-state index contributed by atoms with van der Waals surface area (Å²) in [5.41, 5.74) is 0. The molecule has 0 spiro atoms. The molecule has 2 amide bonds. The van der Waals surface area contributed by atoms with Gasteiger partial charge in [-0.05, 0) is 57.6 Å². The van der Waals surface area contributed by atoms with Gasteiger partial charge in [0.15, 0.2) is 5.76 Å². The highest BCUT2D eigenvalue weighted by Crippen LogP contribution is 2.30. The molecule has 0 bridgehead atoms. The largest absolute Gasteiger partial charge is 0.456 e. The van der Waals surface area contributed by atoms with Crippen molar-refractivity contribution in [1.29, 1.82) is 0 Å². The molecule has 0 N–H and O–H groups in total. The fourth-order valence-electron chi connectivity index (χ4n) is 3.74. The summed E-state index contributed by atoms with van der Waals surface area (Å²) in [5.74, 6) is 1.33. The molecule has 1 aliphatic heterocycles. The number of amides is 2. The fraction of sp³-hybridized carbons (Fsp3) is 0.667. The van der Waals surface area contributed by atoms with E-state index in [9.17, 15) is 9.59 Å². The Morgan fingerprint density at radius 1 is 1.09 bits per heavy atom. The van der Waals surface area contributed by atoms with E-state index >= 15 is 0 Å². The highest BCUT2D eigenvalue weighted by molar-refractivity contribution is 5.91. The Morgan fingerprint density at radius 2 is 1.78 bits per heavy atom. The molecule has 126 valence electrons. The van der Waals surface area contributed by atoms with Crippen molar-refractivity contribution in [2.45, 2.75) is 64.5 Å². The predicted octanol–water partition coefficient (Wildman–Crippen LogP) is 2.98. The summed E-state index contributed by atoms with van der Waals surface area (Å²) in [7, 11) is 0. The van der Waals surface area contributed by atoms with Gasteiger partial charge >= 0.3 is 0 Å². The van der Waals surface area contributed by atoms with Crippen molar-refractivity contribution in [1.82, 2.24) is 9.80 Å². The second-order valence-corrected chi connectivity index (χ2v) is 6.80. The Labute approximate surface area is 137 Å². The smallest absolute Gasteiger partial charge is 0.289 e. The van der Waals surface area contributed by atoms with Crippen LogP contribution in [-0.2, 0) is 4.79 Å².